The largest absolute Gasteiger partial charge is 0.440 e. The molecule has 0 atom stereocenters. The number of ether oxygens (including phenoxy) is 1. The third-order valence-electron chi connectivity index (χ3n) is 1.75. The third-order valence-corrected chi connectivity index (χ3v) is 2.66. The molecule has 0 fully saturated rings. The molecule has 1 amide bonds. The Morgan fingerprint density at radius 2 is 2.19 bits per heavy atom. The smallest absolute Gasteiger partial charge is 0.422 e. The number of alkyl halides is 3. The first-order valence-electron chi connectivity index (χ1n) is 4.37. The van der Waals surface area contributed by atoms with Gasteiger partial charge in [-0.05, 0) is 28.8 Å². The molecule has 0 spiro atoms. The second-order valence-corrected chi connectivity index (χ2v) is 3.87. The van der Waals surface area contributed by atoms with Gasteiger partial charge < -0.3 is 10.1 Å². The molecule has 0 saturated carbocycles. The molecule has 90 valence electrons. The van der Waals surface area contributed by atoms with Gasteiger partial charge in [-0.1, -0.05) is 0 Å². The van der Waals surface area contributed by atoms with E-state index in [0.717, 1.165) is 11.1 Å². The van der Waals surface area contributed by atoms with E-state index in [1.54, 1.807) is 0 Å². The van der Waals surface area contributed by atoms with Crippen LogP contribution in [0.3, 0.4) is 0 Å². The summed E-state index contributed by atoms with van der Waals surface area (Å²) in [5.74, 6) is 0. The van der Waals surface area contributed by atoms with Gasteiger partial charge >= 0.3 is 12.3 Å². The Morgan fingerprint density at radius 1 is 1.50 bits per heavy atom. The molecule has 0 aromatic carbocycles. The lowest BCUT2D eigenvalue weighted by Crippen LogP contribution is -2.28. The van der Waals surface area contributed by atoms with Crippen molar-refractivity contribution in [2.24, 2.45) is 0 Å². The van der Waals surface area contributed by atoms with E-state index in [9.17, 15) is 18.0 Å². The fraction of sp³-hybridized carbons (Fsp3) is 0.444. The van der Waals surface area contributed by atoms with Gasteiger partial charge in [-0.2, -0.15) is 24.5 Å². The van der Waals surface area contributed by atoms with Crippen molar-refractivity contribution in [2.75, 3.05) is 6.61 Å². The van der Waals surface area contributed by atoms with Gasteiger partial charge in [0.15, 0.2) is 6.61 Å². The van der Waals surface area contributed by atoms with Gasteiger partial charge in [0.2, 0.25) is 0 Å². The van der Waals surface area contributed by atoms with E-state index in [0.29, 0.717) is 0 Å². The van der Waals surface area contributed by atoms with E-state index in [2.05, 4.69) is 10.1 Å². The quantitative estimate of drug-likeness (QED) is 0.899. The molecule has 0 radical (unpaired) electrons. The van der Waals surface area contributed by atoms with Crippen molar-refractivity contribution in [3.63, 3.8) is 0 Å². The minimum Gasteiger partial charge on any atom is -0.440 e. The number of hydrogen-bond acceptors (Lipinski definition) is 3. The Hall–Kier alpha value is -1.24. The van der Waals surface area contributed by atoms with Crippen LogP contribution in [-0.2, 0) is 11.3 Å². The Kier molecular flexibility index (Phi) is 4.17. The fourth-order valence-corrected chi connectivity index (χ4v) is 1.79. The van der Waals surface area contributed by atoms with E-state index in [-0.39, 0.29) is 6.54 Å². The molecule has 1 heterocycles. The lowest BCUT2D eigenvalue weighted by molar-refractivity contribution is -0.160. The molecule has 16 heavy (non-hydrogen) atoms. The van der Waals surface area contributed by atoms with Crippen LogP contribution in [0.4, 0.5) is 18.0 Å². The van der Waals surface area contributed by atoms with Crippen molar-refractivity contribution in [3.05, 3.63) is 21.9 Å². The van der Waals surface area contributed by atoms with E-state index in [4.69, 9.17) is 0 Å². The zero-order valence-electron chi connectivity index (χ0n) is 8.43. The van der Waals surface area contributed by atoms with Crippen molar-refractivity contribution in [1.29, 1.82) is 0 Å². The van der Waals surface area contributed by atoms with E-state index in [1.807, 2.05) is 17.7 Å². The van der Waals surface area contributed by atoms with Gasteiger partial charge in [0.1, 0.15) is 0 Å². The van der Waals surface area contributed by atoms with E-state index < -0.39 is 18.9 Å². The van der Waals surface area contributed by atoms with Crippen LogP contribution in [0.2, 0.25) is 0 Å². The van der Waals surface area contributed by atoms with Crippen LogP contribution in [-0.4, -0.2) is 18.9 Å². The Balaban J connectivity index is 2.29. The van der Waals surface area contributed by atoms with Crippen molar-refractivity contribution in [1.82, 2.24) is 5.32 Å². The minimum atomic E-state index is -4.49. The molecule has 1 N–H and O–H groups in total. The topological polar surface area (TPSA) is 38.3 Å². The average Bonchev–Trinajstić information content (AvgIpc) is 2.57. The standard InChI is InChI=1S/C9H10F3NO2S/c1-6-3-16-4-7(6)2-13-8(14)15-5-9(10,11)12/h3-4H,2,5H2,1H3,(H,13,14). The monoisotopic (exact) mass is 253 g/mol. The first-order valence-corrected chi connectivity index (χ1v) is 5.32. The predicted octanol–water partition coefficient (Wildman–Crippen LogP) is 2.85. The third kappa shape index (κ3) is 4.52. The maximum absolute atomic E-state index is 11.7. The number of hydrogen-bond donors (Lipinski definition) is 1. The molecule has 0 aliphatic rings. The highest BCUT2D eigenvalue weighted by molar-refractivity contribution is 7.08. The summed E-state index contributed by atoms with van der Waals surface area (Å²) in [6, 6.07) is 0. The van der Waals surface area contributed by atoms with Crippen LogP contribution in [0.25, 0.3) is 0 Å². The second-order valence-electron chi connectivity index (χ2n) is 3.12. The van der Waals surface area contributed by atoms with Crippen molar-refractivity contribution in [2.45, 2.75) is 19.6 Å². The zero-order valence-corrected chi connectivity index (χ0v) is 9.24. The van der Waals surface area contributed by atoms with Gasteiger partial charge in [-0.3, -0.25) is 0 Å². The van der Waals surface area contributed by atoms with Crippen molar-refractivity contribution < 1.29 is 22.7 Å². The number of halogens is 3. The average molecular weight is 253 g/mol. The van der Waals surface area contributed by atoms with Crippen LogP contribution in [0.1, 0.15) is 11.1 Å². The van der Waals surface area contributed by atoms with Crippen LogP contribution >= 0.6 is 11.3 Å². The van der Waals surface area contributed by atoms with Crippen molar-refractivity contribution >= 4 is 17.4 Å². The Morgan fingerprint density at radius 3 is 2.69 bits per heavy atom. The lowest BCUT2D eigenvalue weighted by Gasteiger charge is -2.08. The number of carbonyl (C=O) groups excluding carboxylic acids is 1. The summed E-state index contributed by atoms with van der Waals surface area (Å²) in [6.07, 6.45) is -5.56. The Bertz CT molecular complexity index is 362. The summed E-state index contributed by atoms with van der Waals surface area (Å²) in [6.45, 7) is 0.460. The number of nitrogens with one attached hydrogen (secondary N) is 1. The first kappa shape index (κ1) is 12.8. The van der Waals surface area contributed by atoms with Gasteiger partial charge in [-0.25, -0.2) is 4.79 Å². The Labute approximate surface area is 94.2 Å². The summed E-state index contributed by atoms with van der Waals surface area (Å²) in [4.78, 5) is 10.9. The van der Waals surface area contributed by atoms with E-state index >= 15 is 0 Å². The molecular weight excluding hydrogens is 243 g/mol. The predicted molar refractivity (Wildman–Crippen MR) is 53.3 cm³/mol. The van der Waals surface area contributed by atoms with Crippen LogP contribution < -0.4 is 5.32 Å². The van der Waals surface area contributed by atoms with Gasteiger partial charge in [-0.15, -0.1) is 0 Å². The summed E-state index contributed by atoms with van der Waals surface area (Å²) in [5, 5.41) is 5.95. The highest BCUT2D eigenvalue weighted by Gasteiger charge is 2.29. The highest BCUT2D eigenvalue weighted by atomic mass is 32.1. The van der Waals surface area contributed by atoms with E-state index in [1.165, 1.54) is 11.3 Å². The summed E-state index contributed by atoms with van der Waals surface area (Å²) in [5.41, 5.74) is 1.86. The number of aryl methyl sites for hydroxylation is 1. The molecule has 1 aromatic rings. The molecule has 0 saturated heterocycles. The van der Waals surface area contributed by atoms with Crippen LogP contribution in [0.15, 0.2) is 10.8 Å². The lowest BCUT2D eigenvalue weighted by atomic mass is 10.2. The molecule has 0 aliphatic carbocycles. The van der Waals surface area contributed by atoms with Crippen molar-refractivity contribution in [3.8, 4) is 0 Å². The molecule has 1 aromatic heterocycles. The summed E-state index contributed by atoms with van der Waals surface area (Å²) >= 11 is 1.46. The van der Waals surface area contributed by atoms with Gasteiger partial charge in [0.25, 0.3) is 0 Å². The highest BCUT2D eigenvalue weighted by Crippen LogP contribution is 2.15. The molecule has 3 nitrogen and oxygen atoms in total. The molecule has 0 aliphatic heterocycles. The summed E-state index contributed by atoms with van der Waals surface area (Å²) in [7, 11) is 0. The number of thiophene rings is 1. The molecule has 1 rings (SSSR count). The maximum Gasteiger partial charge on any atom is 0.422 e. The zero-order chi connectivity index (χ0) is 12.2. The fourth-order valence-electron chi connectivity index (χ4n) is 0.934. The summed E-state index contributed by atoms with van der Waals surface area (Å²) < 4.78 is 39.0. The number of alkyl carbamates (subject to hydrolysis) is 1. The molecule has 7 heteroatoms. The number of rotatable bonds is 3. The minimum absolute atomic E-state index is 0.173. The second kappa shape index (κ2) is 5.20. The maximum atomic E-state index is 11.7. The number of amides is 1. The van der Waals surface area contributed by atoms with Gasteiger partial charge in [0.05, 0.1) is 0 Å². The molecular formula is C9H10F3NO2S. The molecule has 0 unspecified atom stereocenters. The van der Waals surface area contributed by atoms with Crippen LogP contribution in [0.5, 0.6) is 0 Å². The first-order chi connectivity index (χ1) is 7.38. The number of carbonyl (C=O) groups is 1. The SMILES string of the molecule is Cc1cscc1CNC(=O)OCC(F)(F)F. The molecule has 0 bridgehead atoms. The van der Waals surface area contributed by atoms with Gasteiger partial charge in [0, 0.05) is 6.54 Å². The normalized spacial score (nSPS) is 11.2. The van der Waals surface area contributed by atoms with Crippen LogP contribution in [0, 0.1) is 6.92 Å².